The van der Waals surface area contributed by atoms with Crippen LogP contribution in [-0.2, 0) is 20.1 Å². The van der Waals surface area contributed by atoms with Crippen LogP contribution in [0.2, 0.25) is 19.6 Å². The summed E-state index contributed by atoms with van der Waals surface area (Å²) < 4.78 is 22.7. The zero-order valence-corrected chi connectivity index (χ0v) is 13.5. The molecule has 0 aliphatic rings. The molecule has 0 aliphatic heterocycles. The van der Waals surface area contributed by atoms with Gasteiger partial charge >= 0.3 is 0 Å². The van der Waals surface area contributed by atoms with Crippen LogP contribution in [0.25, 0.3) is 11.3 Å². The quantitative estimate of drug-likeness (QED) is 0.536. The van der Waals surface area contributed by atoms with Crippen LogP contribution in [0.5, 0.6) is 0 Å². The topological polar surface area (TPSA) is 12.9 Å². The Morgan fingerprint density at radius 3 is 2.47 bits per heavy atom. The summed E-state index contributed by atoms with van der Waals surface area (Å²) in [5, 5.41) is 1.27. The van der Waals surface area contributed by atoms with Crippen LogP contribution >= 0.6 is 0 Å². The minimum absolute atomic E-state index is 0. The summed E-state index contributed by atoms with van der Waals surface area (Å²) in [6.07, 6.45) is 1.87. The second kappa shape index (κ2) is 5.72. The molecule has 0 aliphatic carbocycles. The second-order valence-corrected chi connectivity index (χ2v) is 9.84. The second-order valence-electron chi connectivity index (χ2n) is 4.76. The Kier molecular flexibility index (Phi) is 3.43. The van der Waals surface area contributed by atoms with Gasteiger partial charge in [0.2, 0.25) is 0 Å². The number of nitrogens with zero attached hydrogens (tertiary/aromatic N) is 1. The molecule has 0 atom stereocenters. The molecule has 1 nitrogen and oxygen atoms in total. The molecule has 3 heteroatoms. The van der Waals surface area contributed by atoms with Crippen LogP contribution in [0.15, 0.2) is 42.5 Å². The van der Waals surface area contributed by atoms with Gasteiger partial charge in [0.05, 0.1) is 8.07 Å². The van der Waals surface area contributed by atoms with Crippen LogP contribution < -0.4 is 5.19 Å². The molecule has 0 amide bonds. The van der Waals surface area contributed by atoms with E-state index in [9.17, 15) is 0 Å². The minimum Gasteiger partial charge on any atom is -0.305 e. The number of rotatable bonds is 2. The smallest absolute Gasteiger partial charge is 0.0795 e. The van der Waals surface area contributed by atoms with Crippen molar-refractivity contribution < 1.29 is 24.2 Å². The predicted octanol–water partition coefficient (Wildman–Crippen LogP) is 3.09. The maximum absolute atomic E-state index is 7.64. The van der Waals surface area contributed by atoms with E-state index in [4.69, 9.17) is 4.11 Å². The summed E-state index contributed by atoms with van der Waals surface area (Å²) >= 11 is 0. The number of aromatic nitrogens is 1. The Morgan fingerprint density at radius 1 is 1.18 bits per heavy atom. The Morgan fingerprint density at radius 2 is 1.94 bits per heavy atom. The minimum atomic E-state index is -1.36. The van der Waals surface area contributed by atoms with Gasteiger partial charge in [-0.15, -0.1) is 35.8 Å². The summed E-state index contributed by atoms with van der Waals surface area (Å²) in [6.45, 7) is 6.78. The zero-order chi connectivity index (χ0) is 14.2. The molecule has 2 aromatic rings. The van der Waals surface area contributed by atoms with Crippen molar-refractivity contribution in [2.24, 2.45) is 0 Å². The third-order valence-corrected chi connectivity index (χ3v) is 4.48. The summed E-state index contributed by atoms with van der Waals surface area (Å²) in [4.78, 5) is 4.40. The molecular weight excluding hydrogens is 402 g/mol. The molecule has 0 unspecified atom stereocenters. The SMILES string of the molecule is [2H]c1[c-]c(-c2ccc([Si](C)(C)C)cn2)cc([2H])c1[2H].[Ir]. The maximum atomic E-state index is 7.64. The van der Waals surface area contributed by atoms with E-state index in [0.29, 0.717) is 11.3 Å². The first kappa shape index (κ1) is 10.2. The number of hydrogen-bond donors (Lipinski definition) is 0. The van der Waals surface area contributed by atoms with E-state index in [1.165, 1.54) is 11.3 Å². The van der Waals surface area contributed by atoms with Gasteiger partial charge in [-0.2, -0.15) is 0 Å². The molecule has 0 saturated carbocycles. The predicted molar refractivity (Wildman–Crippen MR) is 71.5 cm³/mol. The van der Waals surface area contributed by atoms with Crippen LogP contribution in [0.4, 0.5) is 0 Å². The van der Waals surface area contributed by atoms with Crippen molar-refractivity contribution in [2.75, 3.05) is 0 Å². The summed E-state index contributed by atoms with van der Waals surface area (Å²) in [6, 6.07) is 8.19. The molecular formula is C14H16IrNSi-. The van der Waals surface area contributed by atoms with Crippen molar-refractivity contribution in [2.45, 2.75) is 19.6 Å². The Bertz CT molecular complexity index is 586. The Hall–Kier alpha value is -0.764. The average molecular weight is 422 g/mol. The summed E-state index contributed by atoms with van der Waals surface area (Å²) in [5.74, 6) is 0. The molecule has 1 radical (unpaired) electrons. The fourth-order valence-corrected chi connectivity index (χ4v) is 2.45. The fraction of sp³-hybridized carbons (Fsp3) is 0.214. The van der Waals surface area contributed by atoms with E-state index >= 15 is 0 Å². The summed E-state index contributed by atoms with van der Waals surface area (Å²) in [5.41, 5.74) is 1.30. The van der Waals surface area contributed by atoms with Gasteiger partial charge < -0.3 is 4.98 Å². The van der Waals surface area contributed by atoms with Gasteiger partial charge in [0, 0.05) is 29.0 Å². The average Bonchev–Trinajstić information content (AvgIpc) is 2.34. The number of benzene rings is 1. The van der Waals surface area contributed by atoms with E-state index in [-0.39, 0.29) is 38.2 Å². The zero-order valence-electron chi connectivity index (χ0n) is 13.1. The molecule has 17 heavy (non-hydrogen) atoms. The van der Waals surface area contributed by atoms with Crippen LogP contribution in [0, 0.1) is 6.07 Å². The van der Waals surface area contributed by atoms with E-state index in [1.54, 1.807) is 0 Å². The van der Waals surface area contributed by atoms with Crippen molar-refractivity contribution in [3.63, 3.8) is 0 Å². The molecule has 2 rings (SSSR count). The van der Waals surface area contributed by atoms with Gasteiger partial charge in [-0.1, -0.05) is 31.8 Å². The van der Waals surface area contributed by atoms with E-state index in [1.807, 2.05) is 12.3 Å². The first-order valence-electron chi connectivity index (χ1n) is 6.76. The molecule has 0 N–H and O–H groups in total. The largest absolute Gasteiger partial charge is 0.305 e. The van der Waals surface area contributed by atoms with Crippen molar-refractivity contribution >= 4 is 13.3 Å². The van der Waals surface area contributed by atoms with Crippen LogP contribution in [-0.4, -0.2) is 13.1 Å². The van der Waals surface area contributed by atoms with E-state index < -0.39 is 8.07 Å². The monoisotopic (exact) mass is 422 g/mol. The first-order valence-corrected chi connectivity index (χ1v) is 8.76. The van der Waals surface area contributed by atoms with Gasteiger partial charge in [-0.05, 0) is 12.3 Å². The number of pyridine rings is 1. The third-order valence-electron chi connectivity index (χ3n) is 2.45. The fourth-order valence-electron chi connectivity index (χ4n) is 1.41. The van der Waals surface area contributed by atoms with Crippen molar-refractivity contribution in [1.82, 2.24) is 4.98 Å². The van der Waals surface area contributed by atoms with E-state index in [2.05, 4.69) is 36.8 Å². The van der Waals surface area contributed by atoms with Gasteiger partial charge in [-0.3, -0.25) is 0 Å². The maximum Gasteiger partial charge on any atom is 0.0795 e. The molecule has 91 valence electrons. The molecule has 0 fully saturated rings. The van der Waals surface area contributed by atoms with Crippen molar-refractivity contribution in [1.29, 1.82) is 0 Å². The Balaban J connectivity index is 0.00000200. The first-order chi connectivity index (χ1) is 8.79. The van der Waals surface area contributed by atoms with Gasteiger partial charge in [0.25, 0.3) is 0 Å². The summed E-state index contributed by atoms with van der Waals surface area (Å²) in [7, 11) is -1.36. The standard InChI is InChI=1S/C14H16NSi.Ir/c1-16(2,3)13-9-10-14(15-11-13)12-7-5-4-6-8-12;/h4-7,9-11H,1-3H3;/q-1;/i4D,5D,6D;. The van der Waals surface area contributed by atoms with Crippen molar-refractivity contribution in [3.05, 3.63) is 48.6 Å². The number of hydrogen-bond acceptors (Lipinski definition) is 1. The molecule has 1 aromatic heterocycles. The normalized spacial score (nSPS) is 13.2. The third kappa shape index (κ3) is 3.60. The molecule has 0 bridgehead atoms. The molecule has 1 heterocycles. The van der Waals surface area contributed by atoms with Gasteiger partial charge in [0.15, 0.2) is 0 Å². The van der Waals surface area contributed by atoms with Gasteiger partial charge in [-0.25, -0.2) is 0 Å². The van der Waals surface area contributed by atoms with E-state index in [0.717, 1.165) is 0 Å². The van der Waals surface area contributed by atoms with Crippen LogP contribution in [0.1, 0.15) is 4.11 Å². The molecule has 1 aromatic carbocycles. The van der Waals surface area contributed by atoms with Gasteiger partial charge in [0.1, 0.15) is 0 Å². The van der Waals surface area contributed by atoms with Crippen LogP contribution in [0.3, 0.4) is 0 Å². The Labute approximate surface area is 122 Å². The molecule has 0 saturated heterocycles. The van der Waals surface area contributed by atoms with Crippen molar-refractivity contribution in [3.8, 4) is 11.3 Å². The molecule has 0 spiro atoms.